The fourth-order valence-electron chi connectivity index (χ4n) is 4.58. The smallest absolute Gasteiger partial charge is 0.157 e. The number of phenolic OH excluding ortho intramolecular Hbond substituents is 2. The van der Waals surface area contributed by atoms with Crippen molar-refractivity contribution in [2.75, 3.05) is 13.2 Å². The van der Waals surface area contributed by atoms with Crippen LogP contribution in [0.4, 0.5) is 0 Å². The van der Waals surface area contributed by atoms with Crippen LogP contribution in [-0.2, 0) is 11.2 Å². The van der Waals surface area contributed by atoms with Crippen LogP contribution < -0.4 is 5.73 Å². The van der Waals surface area contributed by atoms with Crippen molar-refractivity contribution < 1.29 is 14.9 Å². The Labute approximate surface area is 198 Å². The first-order valence-corrected chi connectivity index (χ1v) is 13.4. The van der Waals surface area contributed by atoms with E-state index in [1.165, 1.54) is 108 Å². The SMILES string of the molecule is CCCCCCCC[C@H]1OCCC[C@@H]1CCCCCCC.NCCc1ccc(O)c(O)c1. The van der Waals surface area contributed by atoms with E-state index in [1.54, 1.807) is 6.07 Å². The normalized spacial score (nSPS) is 18.2. The Morgan fingerprint density at radius 2 is 1.47 bits per heavy atom. The highest BCUT2D eigenvalue weighted by atomic mass is 16.5. The van der Waals surface area contributed by atoms with Crippen molar-refractivity contribution >= 4 is 0 Å². The first kappa shape index (κ1) is 28.8. The number of phenols is 2. The van der Waals surface area contributed by atoms with Gasteiger partial charge in [0.15, 0.2) is 11.5 Å². The maximum Gasteiger partial charge on any atom is 0.157 e. The van der Waals surface area contributed by atoms with Gasteiger partial charge in [0.05, 0.1) is 6.10 Å². The molecular formula is C28H51NO3. The van der Waals surface area contributed by atoms with E-state index < -0.39 is 0 Å². The van der Waals surface area contributed by atoms with Crippen molar-refractivity contribution in [3.05, 3.63) is 23.8 Å². The van der Waals surface area contributed by atoms with Crippen LogP contribution in [0, 0.1) is 5.92 Å². The minimum absolute atomic E-state index is 0.0871. The van der Waals surface area contributed by atoms with Crippen LogP contribution >= 0.6 is 0 Å². The van der Waals surface area contributed by atoms with Gasteiger partial charge in [0.25, 0.3) is 0 Å². The minimum atomic E-state index is -0.0919. The molecule has 1 heterocycles. The lowest BCUT2D eigenvalue weighted by Crippen LogP contribution is -2.29. The van der Waals surface area contributed by atoms with Crippen molar-refractivity contribution in [3.63, 3.8) is 0 Å². The second-order valence-corrected chi connectivity index (χ2v) is 9.43. The number of benzene rings is 1. The quantitative estimate of drug-likeness (QED) is 0.191. The van der Waals surface area contributed by atoms with Gasteiger partial charge in [0.1, 0.15) is 0 Å². The molecule has 0 amide bonds. The van der Waals surface area contributed by atoms with Gasteiger partial charge in [-0.3, -0.25) is 0 Å². The highest BCUT2D eigenvalue weighted by Gasteiger charge is 2.24. The molecule has 186 valence electrons. The summed E-state index contributed by atoms with van der Waals surface area (Å²) in [6, 6.07) is 4.71. The third-order valence-electron chi connectivity index (χ3n) is 6.57. The number of hydrogen-bond acceptors (Lipinski definition) is 4. The molecule has 2 atom stereocenters. The number of aromatic hydroxyl groups is 2. The fraction of sp³-hybridized carbons (Fsp3) is 0.786. The molecule has 1 aliphatic heterocycles. The maximum absolute atomic E-state index is 9.04. The van der Waals surface area contributed by atoms with E-state index in [2.05, 4.69) is 13.8 Å². The molecule has 1 aliphatic rings. The number of nitrogens with two attached hydrogens (primary N) is 1. The Balaban J connectivity index is 0.000000389. The van der Waals surface area contributed by atoms with E-state index in [0.29, 0.717) is 19.1 Å². The lowest BCUT2D eigenvalue weighted by atomic mass is 9.86. The molecule has 0 radical (unpaired) electrons. The first-order chi connectivity index (χ1) is 15.6. The van der Waals surface area contributed by atoms with Gasteiger partial charge in [-0.25, -0.2) is 0 Å². The molecular weight excluding hydrogens is 398 g/mol. The molecule has 0 aromatic heterocycles. The van der Waals surface area contributed by atoms with Gasteiger partial charge in [-0.1, -0.05) is 90.5 Å². The Morgan fingerprint density at radius 1 is 0.844 bits per heavy atom. The molecule has 4 N–H and O–H groups in total. The van der Waals surface area contributed by atoms with E-state index in [-0.39, 0.29) is 11.5 Å². The van der Waals surface area contributed by atoms with Crippen molar-refractivity contribution in [2.24, 2.45) is 11.7 Å². The summed E-state index contributed by atoms with van der Waals surface area (Å²) in [6.45, 7) is 6.16. The first-order valence-electron chi connectivity index (χ1n) is 13.4. The molecule has 4 nitrogen and oxygen atoms in total. The van der Waals surface area contributed by atoms with Gasteiger partial charge in [0.2, 0.25) is 0 Å². The predicted molar refractivity (Wildman–Crippen MR) is 136 cm³/mol. The second kappa shape index (κ2) is 19.2. The monoisotopic (exact) mass is 449 g/mol. The van der Waals surface area contributed by atoms with Crippen molar-refractivity contribution in [1.82, 2.24) is 0 Å². The Hall–Kier alpha value is -1.26. The third kappa shape index (κ3) is 13.3. The highest BCUT2D eigenvalue weighted by Crippen LogP contribution is 2.29. The molecule has 2 rings (SSSR count). The van der Waals surface area contributed by atoms with Crippen LogP contribution in [0.1, 0.15) is 116 Å². The largest absolute Gasteiger partial charge is 0.504 e. The van der Waals surface area contributed by atoms with Gasteiger partial charge in [-0.05, 0) is 62.3 Å². The van der Waals surface area contributed by atoms with Gasteiger partial charge in [0, 0.05) is 6.61 Å². The molecule has 0 spiro atoms. The second-order valence-electron chi connectivity index (χ2n) is 9.43. The summed E-state index contributed by atoms with van der Waals surface area (Å²) in [7, 11) is 0. The molecule has 0 aliphatic carbocycles. The summed E-state index contributed by atoms with van der Waals surface area (Å²) in [4.78, 5) is 0. The maximum atomic E-state index is 9.04. The number of hydrogen-bond donors (Lipinski definition) is 3. The summed E-state index contributed by atoms with van der Waals surface area (Å²) in [5, 5.41) is 18.0. The number of unbranched alkanes of at least 4 members (excludes halogenated alkanes) is 9. The van der Waals surface area contributed by atoms with Crippen LogP contribution in [0.2, 0.25) is 0 Å². The number of rotatable bonds is 15. The van der Waals surface area contributed by atoms with Crippen molar-refractivity contribution in [3.8, 4) is 11.5 Å². The van der Waals surface area contributed by atoms with E-state index >= 15 is 0 Å². The number of ether oxygens (including phenoxy) is 1. The molecule has 32 heavy (non-hydrogen) atoms. The Kier molecular flexibility index (Phi) is 17.3. The molecule has 0 bridgehead atoms. The van der Waals surface area contributed by atoms with Gasteiger partial charge in [-0.2, -0.15) is 0 Å². The van der Waals surface area contributed by atoms with Crippen molar-refractivity contribution in [1.29, 1.82) is 0 Å². The Morgan fingerprint density at radius 3 is 2.09 bits per heavy atom. The molecule has 4 heteroatoms. The fourth-order valence-corrected chi connectivity index (χ4v) is 4.58. The lowest BCUT2D eigenvalue weighted by Gasteiger charge is -2.32. The summed E-state index contributed by atoms with van der Waals surface area (Å²) in [5.74, 6) is 0.692. The average molecular weight is 450 g/mol. The van der Waals surface area contributed by atoms with Crippen LogP contribution in [0.5, 0.6) is 11.5 Å². The lowest BCUT2D eigenvalue weighted by molar-refractivity contribution is -0.0352. The van der Waals surface area contributed by atoms with Crippen LogP contribution in [0.25, 0.3) is 0 Å². The minimum Gasteiger partial charge on any atom is -0.504 e. The van der Waals surface area contributed by atoms with Crippen LogP contribution in [0.15, 0.2) is 18.2 Å². The molecule has 0 saturated carbocycles. The highest BCUT2D eigenvalue weighted by molar-refractivity contribution is 5.40. The van der Waals surface area contributed by atoms with E-state index in [4.69, 9.17) is 20.7 Å². The molecule has 1 aromatic carbocycles. The van der Waals surface area contributed by atoms with Gasteiger partial charge in [-0.15, -0.1) is 0 Å². The van der Waals surface area contributed by atoms with Gasteiger partial charge >= 0.3 is 0 Å². The Bertz CT molecular complexity index is 564. The van der Waals surface area contributed by atoms with Crippen LogP contribution in [-0.4, -0.2) is 29.5 Å². The topological polar surface area (TPSA) is 75.7 Å². The molecule has 1 fully saturated rings. The summed E-state index contributed by atoms with van der Waals surface area (Å²) in [6.07, 6.45) is 22.3. The van der Waals surface area contributed by atoms with Crippen LogP contribution in [0.3, 0.4) is 0 Å². The summed E-state index contributed by atoms with van der Waals surface area (Å²) < 4.78 is 6.10. The summed E-state index contributed by atoms with van der Waals surface area (Å²) >= 11 is 0. The standard InChI is InChI=1S/C20H40O.C8H11NO2/c1-3-5-7-9-11-13-17-20-19(16-14-18-21-20)15-12-10-8-6-4-2;9-4-3-6-1-2-7(10)8(11)5-6/h19-20H,3-18H2,1-2H3;1-2,5,10-11H,3-4,9H2/t19-,20+;/m0./s1. The summed E-state index contributed by atoms with van der Waals surface area (Å²) in [5.41, 5.74) is 6.24. The molecule has 0 unspecified atom stereocenters. The zero-order valence-corrected chi connectivity index (χ0v) is 21.0. The average Bonchev–Trinajstić information content (AvgIpc) is 2.80. The predicted octanol–water partition coefficient (Wildman–Crippen LogP) is 7.49. The zero-order valence-electron chi connectivity index (χ0n) is 21.0. The third-order valence-corrected chi connectivity index (χ3v) is 6.57. The molecule has 1 aromatic rings. The van der Waals surface area contributed by atoms with Gasteiger partial charge < -0.3 is 20.7 Å². The zero-order chi connectivity index (χ0) is 23.4. The van der Waals surface area contributed by atoms with E-state index in [9.17, 15) is 0 Å². The van der Waals surface area contributed by atoms with E-state index in [0.717, 1.165) is 18.1 Å². The van der Waals surface area contributed by atoms with E-state index in [1.807, 2.05) is 0 Å². The molecule has 1 saturated heterocycles. The van der Waals surface area contributed by atoms with Crippen molar-refractivity contribution in [2.45, 2.75) is 123 Å².